The van der Waals surface area contributed by atoms with Crippen LogP contribution in [0.25, 0.3) is 0 Å². The summed E-state index contributed by atoms with van der Waals surface area (Å²) in [6.07, 6.45) is 55.6. The fourth-order valence-corrected chi connectivity index (χ4v) is 10.8. The summed E-state index contributed by atoms with van der Waals surface area (Å²) in [5.74, 6) is -3.08. The number of carbonyl (C=O) groups is 4. The smallest absolute Gasteiger partial charge is 0.335 e. The Hall–Kier alpha value is -2.80. The van der Waals surface area contributed by atoms with E-state index in [1.165, 1.54) is 205 Å². The lowest BCUT2D eigenvalue weighted by atomic mass is 9.98. The minimum Gasteiger partial charge on any atom is -0.479 e. The van der Waals surface area contributed by atoms with Crippen molar-refractivity contribution >= 4 is 23.9 Å². The average Bonchev–Trinajstić information content (AvgIpc) is 3.52. The summed E-state index contributed by atoms with van der Waals surface area (Å²) < 4.78 is 28.6. The number of aliphatic carboxylic acids is 1. The first-order chi connectivity index (χ1) is 39.6. The van der Waals surface area contributed by atoms with Gasteiger partial charge in [-0.2, -0.15) is 0 Å². The number of esters is 3. The van der Waals surface area contributed by atoms with Gasteiger partial charge in [-0.25, -0.2) is 4.79 Å². The second kappa shape index (κ2) is 57.6. The second-order valence-corrected chi connectivity index (χ2v) is 23.8. The molecule has 0 aromatic rings. The molecule has 0 spiro atoms. The fraction of sp³-hybridized carbons (Fsp3) is 0.884. The highest BCUT2D eigenvalue weighted by Gasteiger charge is 2.50. The minimum atomic E-state index is -1.90. The number of carboxylic acids is 1. The van der Waals surface area contributed by atoms with Gasteiger partial charge >= 0.3 is 23.9 Å². The fourth-order valence-electron chi connectivity index (χ4n) is 10.8. The Morgan fingerprint density at radius 2 is 0.741 bits per heavy atom. The first kappa shape index (κ1) is 76.2. The quantitative estimate of drug-likeness (QED) is 0.0228. The molecule has 12 nitrogen and oxygen atoms in total. The number of allylic oxidation sites excluding steroid dienone is 4. The third-order valence-electron chi connectivity index (χ3n) is 16.0. The number of carboxylic acid groups (broad SMARTS) is 1. The topological polar surface area (TPSA) is 175 Å². The predicted octanol–water partition coefficient (Wildman–Crippen LogP) is 18.6. The molecule has 1 fully saturated rings. The molecule has 1 saturated heterocycles. The molecule has 1 aliphatic rings. The molecule has 0 bridgehead atoms. The van der Waals surface area contributed by atoms with E-state index in [2.05, 4.69) is 45.1 Å². The van der Waals surface area contributed by atoms with Crippen molar-refractivity contribution in [2.24, 2.45) is 0 Å². The molecule has 81 heavy (non-hydrogen) atoms. The lowest BCUT2D eigenvalue weighted by molar-refractivity contribution is -0.301. The zero-order chi connectivity index (χ0) is 58.9. The van der Waals surface area contributed by atoms with Crippen LogP contribution in [0.3, 0.4) is 0 Å². The molecule has 0 amide bonds. The summed E-state index contributed by atoms with van der Waals surface area (Å²) in [6, 6.07) is 0. The Bertz CT molecular complexity index is 1500. The number of carbonyl (C=O) groups excluding carboxylic acids is 3. The first-order valence-electron chi connectivity index (χ1n) is 34.3. The lowest BCUT2D eigenvalue weighted by Crippen LogP contribution is -2.61. The van der Waals surface area contributed by atoms with Crippen LogP contribution >= 0.6 is 0 Å². The van der Waals surface area contributed by atoms with E-state index in [4.69, 9.17) is 23.7 Å². The molecule has 0 saturated carbocycles. The molecule has 6 atom stereocenters. The Balaban J connectivity index is 2.62. The van der Waals surface area contributed by atoms with Crippen LogP contribution < -0.4 is 0 Å². The summed E-state index contributed by atoms with van der Waals surface area (Å²) in [5.41, 5.74) is 0. The minimum absolute atomic E-state index is 0.0670. The normalized spacial score (nSPS) is 17.8. The van der Waals surface area contributed by atoms with Gasteiger partial charge in [0, 0.05) is 19.3 Å². The number of rotatable bonds is 60. The van der Waals surface area contributed by atoms with Crippen LogP contribution in [0.5, 0.6) is 0 Å². The van der Waals surface area contributed by atoms with Gasteiger partial charge in [-0.05, 0) is 51.4 Å². The van der Waals surface area contributed by atoms with Crippen LogP contribution in [0.4, 0.5) is 0 Å². The van der Waals surface area contributed by atoms with Gasteiger partial charge in [-0.3, -0.25) is 14.4 Å². The molecule has 474 valence electrons. The maximum absolute atomic E-state index is 13.2. The van der Waals surface area contributed by atoms with E-state index in [1.54, 1.807) is 0 Å². The largest absolute Gasteiger partial charge is 0.479 e. The van der Waals surface area contributed by atoms with Crippen molar-refractivity contribution in [2.75, 3.05) is 13.2 Å². The molecule has 1 rings (SSSR count). The molecule has 1 heterocycles. The van der Waals surface area contributed by atoms with Gasteiger partial charge in [0.05, 0.1) is 6.61 Å². The van der Waals surface area contributed by atoms with Crippen LogP contribution in [0.15, 0.2) is 24.3 Å². The second-order valence-electron chi connectivity index (χ2n) is 23.8. The number of ether oxygens (including phenoxy) is 5. The lowest BCUT2D eigenvalue weighted by Gasteiger charge is -2.40. The summed E-state index contributed by atoms with van der Waals surface area (Å²) in [6.45, 7) is 6.03. The van der Waals surface area contributed by atoms with Gasteiger partial charge < -0.3 is 39.0 Å². The molecular formula is C69H126O12. The van der Waals surface area contributed by atoms with Crippen LogP contribution in [0.2, 0.25) is 0 Å². The summed E-state index contributed by atoms with van der Waals surface area (Å²) in [5, 5.41) is 31.6. The molecule has 0 aliphatic carbocycles. The van der Waals surface area contributed by atoms with E-state index in [0.29, 0.717) is 19.3 Å². The first-order valence-corrected chi connectivity index (χ1v) is 34.3. The van der Waals surface area contributed by atoms with Crippen LogP contribution in [-0.4, -0.2) is 89.2 Å². The summed E-state index contributed by atoms with van der Waals surface area (Å²) >= 11 is 0. The number of unbranched alkanes of at least 4 members (excludes halogenated alkanes) is 42. The molecule has 1 aliphatic heterocycles. The van der Waals surface area contributed by atoms with E-state index in [9.17, 15) is 34.5 Å². The Labute approximate surface area is 496 Å². The highest BCUT2D eigenvalue weighted by molar-refractivity contribution is 5.74. The molecule has 0 aromatic carbocycles. The summed E-state index contributed by atoms with van der Waals surface area (Å²) in [7, 11) is 0. The maximum Gasteiger partial charge on any atom is 0.335 e. The average molecular weight is 1150 g/mol. The van der Waals surface area contributed by atoms with Crippen molar-refractivity contribution in [1.29, 1.82) is 0 Å². The highest BCUT2D eigenvalue weighted by atomic mass is 16.7. The van der Waals surface area contributed by atoms with E-state index >= 15 is 0 Å². The van der Waals surface area contributed by atoms with Crippen LogP contribution in [0, 0.1) is 0 Å². The molecular weight excluding hydrogens is 1020 g/mol. The van der Waals surface area contributed by atoms with Gasteiger partial charge in [0.15, 0.2) is 24.6 Å². The summed E-state index contributed by atoms with van der Waals surface area (Å²) in [4.78, 5) is 51.4. The molecule has 6 unspecified atom stereocenters. The van der Waals surface area contributed by atoms with Crippen molar-refractivity contribution in [3.63, 3.8) is 0 Å². The Morgan fingerprint density at radius 1 is 0.407 bits per heavy atom. The van der Waals surface area contributed by atoms with Crippen molar-refractivity contribution < 1.29 is 58.2 Å². The van der Waals surface area contributed by atoms with Gasteiger partial charge in [-0.1, -0.05) is 295 Å². The van der Waals surface area contributed by atoms with Crippen molar-refractivity contribution in [3.8, 4) is 0 Å². The van der Waals surface area contributed by atoms with Crippen LogP contribution in [-0.2, 0) is 42.9 Å². The number of hydrogen-bond acceptors (Lipinski definition) is 11. The van der Waals surface area contributed by atoms with Gasteiger partial charge in [-0.15, -0.1) is 0 Å². The molecule has 0 radical (unpaired) electrons. The Morgan fingerprint density at radius 3 is 1.14 bits per heavy atom. The standard InChI is InChI=1S/C69H126O12/c1-4-7-10-13-16-19-22-25-28-30-31-33-35-37-40-43-46-49-52-55-61(70)77-58-60(79-62(71)56-53-50-47-44-41-39-36-32-29-26-23-20-17-14-11-8-5-2)59-78-69-67(65(74)64(73)66(81-69)68(75)76)80-63(72)57-54-51-48-45-42-38-34-27-24-21-18-15-12-9-6-3/h17,20,26,29,60,64-67,69,73-74H,4-16,18-19,21-25,27-28,30-59H2,1-3H3,(H,75,76)/b20-17-,29-26-. The van der Waals surface area contributed by atoms with Crippen molar-refractivity contribution in [1.82, 2.24) is 0 Å². The predicted molar refractivity (Wildman–Crippen MR) is 331 cm³/mol. The molecule has 0 aromatic heterocycles. The van der Waals surface area contributed by atoms with E-state index in [-0.39, 0.29) is 25.9 Å². The number of aliphatic hydroxyl groups excluding tert-OH is 2. The third-order valence-corrected chi connectivity index (χ3v) is 16.0. The Kier molecular flexibility index (Phi) is 54.2. The molecule has 3 N–H and O–H groups in total. The van der Waals surface area contributed by atoms with Crippen molar-refractivity contribution in [2.45, 2.75) is 379 Å². The zero-order valence-corrected chi connectivity index (χ0v) is 52.6. The SMILES string of the molecule is CCCCC/C=C\C/C=C\CCCCCCCCCC(=O)OC(COC(=O)CCCCCCCCCCCCCCCCCCCCC)COC1OC(C(=O)O)C(O)C(O)C1OC(=O)CCCCCCCCCCCCCCCCC. The monoisotopic (exact) mass is 1150 g/mol. The number of hydrogen-bond donors (Lipinski definition) is 3. The van der Waals surface area contributed by atoms with Gasteiger partial charge in [0.25, 0.3) is 0 Å². The third kappa shape index (κ3) is 47.2. The van der Waals surface area contributed by atoms with E-state index in [0.717, 1.165) is 77.0 Å². The maximum atomic E-state index is 13.2. The number of aliphatic hydroxyl groups is 2. The van der Waals surface area contributed by atoms with Gasteiger partial charge in [0.2, 0.25) is 0 Å². The van der Waals surface area contributed by atoms with Gasteiger partial charge in [0.1, 0.15) is 18.8 Å². The van der Waals surface area contributed by atoms with Crippen molar-refractivity contribution in [3.05, 3.63) is 24.3 Å². The zero-order valence-electron chi connectivity index (χ0n) is 52.6. The highest BCUT2D eigenvalue weighted by Crippen LogP contribution is 2.27. The van der Waals surface area contributed by atoms with Crippen LogP contribution in [0.1, 0.15) is 342 Å². The van der Waals surface area contributed by atoms with E-state index in [1.807, 2.05) is 0 Å². The molecule has 12 heteroatoms. The van der Waals surface area contributed by atoms with E-state index < -0.39 is 67.3 Å².